The average Bonchev–Trinajstić information content (AvgIpc) is 3.19. The molecule has 1 aromatic carbocycles. The van der Waals surface area contributed by atoms with E-state index >= 15 is 0 Å². The minimum absolute atomic E-state index is 0.178. The predicted octanol–water partition coefficient (Wildman–Crippen LogP) is 3.83. The Morgan fingerprint density at radius 2 is 1.80 bits per heavy atom. The molecular weight excluding hydrogens is 486 g/mol. The quantitative estimate of drug-likeness (QED) is 0.583. The number of benzene rings is 1. The van der Waals surface area contributed by atoms with Crippen molar-refractivity contribution in [2.75, 3.05) is 38.6 Å². The molecule has 0 aliphatic carbocycles. The van der Waals surface area contributed by atoms with Crippen LogP contribution in [-0.2, 0) is 27.7 Å². The van der Waals surface area contributed by atoms with Crippen LogP contribution in [0.5, 0.6) is 0 Å². The number of nitrogens with one attached hydrogen (secondary N) is 1. The summed E-state index contributed by atoms with van der Waals surface area (Å²) >= 11 is 1.40. The summed E-state index contributed by atoms with van der Waals surface area (Å²) in [5, 5.41) is 3.34. The molecule has 0 unspecified atom stereocenters. The summed E-state index contributed by atoms with van der Waals surface area (Å²) in [5.74, 6) is -0.244. The van der Waals surface area contributed by atoms with Gasteiger partial charge < -0.3 is 10.1 Å². The van der Waals surface area contributed by atoms with Crippen molar-refractivity contribution in [3.8, 4) is 0 Å². The lowest BCUT2D eigenvalue weighted by atomic mass is 9.94. The zero-order chi connectivity index (χ0) is 25.3. The average molecular weight is 520 g/mol. The molecule has 0 radical (unpaired) electrons. The number of ether oxygens (including phenoxy) is 1. The van der Waals surface area contributed by atoms with Crippen molar-refractivity contribution in [3.63, 3.8) is 0 Å². The van der Waals surface area contributed by atoms with Crippen LogP contribution in [0.4, 0.5) is 5.00 Å². The third-order valence-corrected chi connectivity index (χ3v) is 9.77. The second-order valence-corrected chi connectivity index (χ2v) is 12.6. The molecule has 0 bridgehead atoms. The Hall–Kier alpha value is -2.27. The van der Waals surface area contributed by atoms with E-state index in [1.165, 1.54) is 42.7 Å². The van der Waals surface area contributed by atoms with Gasteiger partial charge in [-0.3, -0.25) is 9.69 Å². The summed E-state index contributed by atoms with van der Waals surface area (Å²) in [6.45, 7) is 9.73. The highest BCUT2D eigenvalue weighted by atomic mass is 32.2. The van der Waals surface area contributed by atoms with Gasteiger partial charge in [0.1, 0.15) is 5.00 Å². The van der Waals surface area contributed by atoms with Crippen LogP contribution in [0, 0.1) is 11.8 Å². The van der Waals surface area contributed by atoms with Crippen LogP contribution < -0.4 is 5.32 Å². The van der Waals surface area contributed by atoms with Gasteiger partial charge in [-0.25, -0.2) is 13.2 Å². The Morgan fingerprint density at radius 1 is 1.14 bits per heavy atom. The van der Waals surface area contributed by atoms with Crippen LogP contribution in [-0.4, -0.2) is 62.8 Å². The maximum Gasteiger partial charge on any atom is 0.341 e. The van der Waals surface area contributed by atoms with Gasteiger partial charge in [0, 0.05) is 36.6 Å². The first-order valence-corrected chi connectivity index (χ1v) is 14.3. The number of hydrogen-bond donors (Lipinski definition) is 1. The van der Waals surface area contributed by atoms with Crippen molar-refractivity contribution in [1.29, 1.82) is 0 Å². The molecule has 190 valence electrons. The first-order valence-electron chi connectivity index (χ1n) is 12.0. The molecule has 1 N–H and O–H groups in total. The molecule has 35 heavy (non-hydrogen) atoms. The lowest BCUT2D eigenvalue weighted by Gasteiger charge is -2.34. The standard InChI is InChI=1S/C25H33N3O5S2/c1-5-27-11-10-20-21(15-27)34-24(22(20)25(30)33-4)26-23(29)18-6-8-19(9-7-18)35(31,32)28-13-16(2)12-17(3)14-28/h6-9,16-17H,5,10-15H2,1-4H3,(H,26,29)/t16-,17-/m1/s1. The van der Waals surface area contributed by atoms with Crippen LogP contribution in [0.2, 0.25) is 0 Å². The van der Waals surface area contributed by atoms with Crippen molar-refractivity contribution in [3.05, 3.63) is 45.8 Å². The highest BCUT2D eigenvalue weighted by Crippen LogP contribution is 2.38. The molecule has 8 nitrogen and oxygen atoms in total. The van der Waals surface area contributed by atoms with Crippen LogP contribution in [0.1, 0.15) is 58.3 Å². The normalized spacial score (nSPS) is 21.4. The smallest absolute Gasteiger partial charge is 0.341 e. The number of sulfonamides is 1. The van der Waals surface area contributed by atoms with E-state index in [1.807, 2.05) is 0 Å². The summed E-state index contributed by atoms with van der Waals surface area (Å²) in [4.78, 5) is 29.1. The van der Waals surface area contributed by atoms with Gasteiger partial charge in [0.25, 0.3) is 5.91 Å². The van der Waals surface area contributed by atoms with Gasteiger partial charge in [0.05, 0.1) is 17.6 Å². The van der Waals surface area contributed by atoms with E-state index in [2.05, 4.69) is 31.0 Å². The van der Waals surface area contributed by atoms with E-state index in [9.17, 15) is 18.0 Å². The molecule has 2 aliphatic rings. The monoisotopic (exact) mass is 519 g/mol. The number of piperidine rings is 1. The third-order valence-electron chi connectivity index (χ3n) is 6.79. The Morgan fingerprint density at radius 3 is 2.40 bits per heavy atom. The Bertz CT molecular complexity index is 1200. The number of amides is 1. The van der Waals surface area contributed by atoms with E-state index < -0.39 is 21.9 Å². The largest absolute Gasteiger partial charge is 0.465 e. The lowest BCUT2D eigenvalue weighted by Crippen LogP contribution is -2.42. The molecule has 1 aromatic heterocycles. The number of methoxy groups -OCH3 is 1. The van der Waals surface area contributed by atoms with Crippen LogP contribution in [0.3, 0.4) is 0 Å². The van der Waals surface area contributed by atoms with E-state index in [4.69, 9.17) is 4.74 Å². The number of carbonyl (C=O) groups excluding carboxylic acids is 2. The fourth-order valence-corrected chi connectivity index (χ4v) is 7.99. The predicted molar refractivity (Wildman–Crippen MR) is 136 cm³/mol. The van der Waals surface area contributed by atoms with Gasteiger partial charge in [-0.1, -0.05) is 20.8 Å². The number of anilines is 1. The summed E-state index contributed by atoms with van der Waals surface area (Å²) in [5.41, 5.74) is 1.68. The SMILES string of the molecule is CCN1CCc2c(sc(NC(=O)c3ccc(S(=O)(=O)N4C[C@H](C)C[C@@H](C)C4)cc3)c2C(=O)OC)C1. The second kappa shape index (κ2) is 10.4. The lowest BCUT2D eigenvalue weighted by molar-refractivity contribution is 0.0600. The molecule has 0 saturated carbocycles. The van der Waals surface area contributed by atoms with Crippen molar-refractivity contribution in [1.82, 2.24) is 9.21 Å². The molecule has 2 aliphatic heterocycles. The fourth-order valence-electron chi connectivity index (χ4n) is 5.04. The minimum atomic E-state index is -3.62. The number of carbonyl (C=O) groups is 2. The van der Waals surface area contributed by atoms with Gasteiger partial charge >= 0.3 is 5.97 Å². The number of thiophene rings is 1. The number of rotatable bonds is 6. The molecule has 10 heteroatoms. The maximum absolute atomic E-state index is 13.1. The number of hydrogen-bond acceptors (Lipinski definition) is 7. The van der Waals surface area contributed by atoms with E-state index in [1.54, 1.807) is 4.31 Å². The van der Waals surface area contributed by atoms with E-state index in [0.29, 0.717) is 41.1 Å². The Labute approximate surface area is 211 Å². The highest BCUT2D eigenvalue weighted by molar-refractivity contribution is 7.89. The van der Waals surface area contributed by atoms with Crippen molar-refractivity contribution in [2.24, 2.45) is 11.8 Å². The maximum atomic E-state index is 13.1. The van der Waals surface area contributed by atoms with Gasteiger partial charge in [-0.05, 0) is 61.1 Å². The molecular formula is C25H33N3O5S2. The molecule has 2 aromatic rings. The number of fused-ring (bicyclic) bond motifs is 1. The first-order chi connectivity index (χ1) is 16.6. The summed E-state index contributed by atoms with van der Waals surface area (Å²) in [6, 6.07) is 5.99. The Balaban J connectivity index is 1.54. The topological polar surface area (TPSA) is 96.0 Å². The molecule has 3 heterocycles. The van der Waals surface area contributed by atoms with Crippen molar-refractivity contribution < 1.29 is 22.7 Å². The van der Waals surface area contributed by atoms with E-state index in [0.717, 1.165) is 42.9 Å². The fraction of sp³-hybridized carbons (Fsp3) is 0.520. The van der Waals surface area contributed by atoms with Crippen molar-refractivity contribution >= 4 is 38.2 Å². The minimum Gasteiger partial charge on any atom is -0.465 e. The number of nitrogens with zero attached hydrogens (tertiary/aromatic N) is 2. The number of likely N-dealkylation sites (N-methyl/N-ethyl adjacent to an activating group) is 1. The van der Waals surface area contributed by atoms with Crippen LogP contribution >= 0.6 is 11.3 Å². The van der Waals surface area contributed by atoms with Gasteiger partial charge in [-0.2, -0.15) is 4.31 Å². The molecule has 2 atom stereocenters. The zero-order valence-electron chi connectivity index (χ0n) is 20.7. The molecule has 1 fully saturated rings. The second-order valence-electron chi connectivity index (χ2n) is 9.56. The van der Waals surface area contributed by atoms with Gasteiger partial charge in [0.15, 0.2) is 0 Å². The molecule has 4 rings (SSSR count). The molecule has 1 amide bonds. The first kappa shape index (κ1) is 25.8. The third kappa shape index (κ3) is 5.30. The number of esters is 1. The summed E-state index contributed by atoms with van der Waals surface area (Å²) in [7, 11) is -2.29. The summed E-state index contributed by atoms with van der Waals surface area (Å²) in [6.07, 6.45) is 1.74. The zero-order valence-corrected chi connectivity index (χ0v) is 22.3. The van der Waals surface area contributed by atoms with Gasteiger partial charge in [0.2, 0.25) is 10.0 Å². The van der Waals surface area contributed by atoms with Gasteiger partial charge in [-0.15, -0.1) is 11.3 Å². The summed E-state index contributed by atoms with van der Waals surface area (Å²) < 4.78 is 32.8. The molecule has 1 saturated heterocycles. The highest BCUT2D eigenvalue weighted by Gasteiger charge is 2.32. The molecule has 0 spiro atoms. The van der Waals surface area contributed by atoms with Crippen LogP contribution in [0.25, 0.3) is 0 Å². The Kier molecular flexibility index (Phi) is 7.65. The van der Waals surface area contributed by atoms with E-state index in [-0.39, 0.29) is 4.90 Å². The van der Waals surface area contributed by atoms with Crippen molar-refractivity contribution in [2.45, 2.75) is 45.1 Å². The van der Waals surface area contributed by atoms with Crippen LogP contribution in [0.15, 0.2) is 29.2 Å².